The van der Waals surface area contributed by atoms with Crippen LogP contribution >= 0.6 is 15.9 Å². The number of hydrogen-bond acceptors (Lipinski definition) is 1. The van der Waals surface area contributed by atoms with Gasteiger partial charge in [-0.1, -0.05) is 54.2 Å². The third kappa shape index (κ3) is 2.97. The quantitative estimate of drug-likeness (QED) is 0.832. The van der Waals surface area contributed by atoms with E-state index in [9.17, 15) is 5.11 Å². The summed E-state index contributed by atoms with van der Waals surface area (Å²) in [6, 6.07) is 6.14. The van der Waals surface area contributed by atoms with Crippen molar-refractivity contribution >= 4 is 15.9 Å². The molecule has 1 N–H and O–H groups in total. The minimum absolute atomic E-state index is 0.295. The Balaban J connectivity index is 2.15. The van der Waals surface area contributed by atoms with Gasteiger partial charge in [0.05, 0.1) is 6.10 Å². The van der Waals surface area contributed by atoms with E-state index in [1.165, 1.54) is 37.7 Å². The largest absolute Gasteiger partial charge is 0.388 e. The minimum atomic E-state index is -0.295. The van der Waals surface area contributed by atoms with Crippen molar-refractivity contribution in [3.05, 3.63) is 33.8 Å². The summed E-state index contributed by atoms with van der Waals surface area (Å²) in [4.78, 5) is 0. The highest BCUT2D eigenvalue weighted by Crippen LogP contribution is 2.39. The fourth-order valence-corrected chi connectivity index (χ4v) is 3.57. The average Bonchev–Trinajstić information content (AvgIpc) is 2.41. The molecular weight excluding hydrogens is 288 g/mol. The molecule has 1 saturated carbocycles. The van der Waals surface area contributed by atoms with Crippen LogP contribution in [0.5, 0.6) is 0 Å². The van der Waals surface area contributed by atoms with Crippen LogP contribution in [-0.2, 0) is 0 Å². The van der Waals surface area contributed by atoms with Gasteiger partial charge in [-0.15, -0.1) is 0 Å². The van der Waals surface area contributed by atoms with E-state index in [1.54, 1.807) is 0 Å². The lowest BCUT2D eigenvalue weighted by molar-refractivity contribution is 0.0673. The summed E-state index contributed by atoms with van der Waals surface area (Å²) in [5, 5.41) is 10.6. The zero-order chi connectivity index (χ0) is 13.1. The first-order valence-corrected chi connectivity index (χ1v) is 7.85. The molecule has 1 aliphatic rings. The van der Waals surface area contributed by atoms with E-state index in [2.05, 4.69) is 35.8 Å². The number of benzene rings is 1. The fraction of sp³-hybridized carbons (Fsp3) is 0.625. The highest BCUT2D eigenvalue weighted by atomic mass is 79.9. The molecule has 2 heteroatoms. The van der Waals surface area contributed by atoms with Gasteiger partial charge in [-0.05, 0) is 48.8 Å². The minimum Gasteiger partial charge on any atom is -0.388 e. The summed E-state index contributed by atoms with van der Waals surface area (Å²) in [5.41, 5.74) is 2.29. The summed E-state index contributed by atoms with van der Waals surface area (Å²) in [6.45, 7) is 4.35. The van der Waals surface area contributed by atoms with Crippen LogP contribution in [0.3, 0.4) is 0 Å². The van der Waals surface area contributed by atoms with E-state index < -0.39 is 0 Å². The fourth-order valence-electron chi connectivity index (χ4n) is 3.19. The first kappa shape index (κ1) is 14.1. The molecule has 1 aromatic carbocycles. The number of halogens is 1. The van der Waals surface area contributed by atoms with Gasteiger partial charge in [0.25, 0.3) is 0 Å². The second-order valence-corrected chi connectivity index (χ2v) is 6.45. The zero-order valence-electron chi connectivity index (χ0n) is 11.3. The van der Waals surface area contributed by atoms with Gasteiger partial charge in [-0.25, -0.2) is 0 Å². The van der Waals surface area contributed by atoms with Gasteiger partial charge in [0.1, 0.15) is 0 Å². The van der Waals surface area contributed by atoms with E-state index in [0.29, 0.717) is 5.92 Å². The van der Waals surface area contributed by atoms with Crippen molar-refractivity contribution in [3.8, 4) is 0 Å². The maximum atomic E-state index is 10.6. The molecule has 0 amide bonds. The highest BCUT2D eigenvalue weighted by Gasteiger charge is 2.28. The van der Waals surface area contributed by atoms with Gasteiger partial charge < -0.3 is 5.11 Å². The Kier molecular flexibility index (Phi) is 4.85. The van der Waals surface area contributed by atoms with Crippen LogP contribution in [0.25, 0.3) is 0 Å². The molecule has 100 valence electrons. The number of aliphatic hydroxyl groups is 1. The summed E-state index contributed by atoms with van der Waals surface area (Å²) in [7, 11) is 0. The first-order valence-electron chi connectivity index (χ1n) is 7.06. The lowest BCUT2D eigenvalue weighted by Gasteiger charge is -2.32. The highest BCUT2D eigenvalue weighted by molar-refractivity contribution is 9.10. The topological polar surface area (TPSA) is 20.2 Å². The summed E-state index contributed by atoms with van der Waals surface area (Å²) in [6.07, 6.45) is 5.93. The van der Waals surface area contributed by atoms with Crippen molar-refractivity contribution in [1.29, 1.82) is 0 Å². The van der Waals surface area contributed by atoms with E-state index in [-0.39, 0.29) is 6.10 Å². The molecule has 0 bridgehead atoms. The van der Waals surface area contributed by atoms with Crippen molar-refractivity contribution in [2.45, 2.75) is 52.1 Å². The summed E-state index contributed by atoms with van der Waals surface area (Å²) in [5.74, 6) is 1.25. The Labute approximate surface area is 119 Å². The van der Waals surface area contributed by atoms with Gasteiger partial charge in [-0.2, -0.15) is 0 Å². The van der Waals surface area contributed by atoms with Gasteiger partial charge >= 0.3 is 0 Å². The van der Waals surface area contributed by atoms with Crippen LogP contribution in [-0.4, -0.2) is 5.11 Å². The lowest BCUT2D eigenvalue weighted by atomic mass is 9.76. The maximum absolute atomic E-state index is 10.6. The van der Waals surface area contributed by atoms with E-state index in [1.807, 2.05) is 12.1 Å². The van der Waals surface area contributed by atoms with Crippen molar-refractivity contribution < 1.29 is 5.11 Å². The van der Waals surface area contributed by atoms with Gasteiger partial charge in [0, 0.05) is 4.47 Å². The van der Waals surface area contributed by atoms with Crippen molar-refractivity contribution in [3.63, 3.8) is 0 Å². The second-order valence-electron chi connectivity index (χ2n) is 5.60. The van der Waals surface area contributed by atoms with Gasteiger partial charge in [0.15, 0.2) is 0 Å². The monoisotopic (exact) mass is 310 g/mol. The molecule has 0 spiro atoms. The molecule has 18 heavy (non-hydrogen) atoms. The van der Waals surface area contributed by atoms with Crippen LogP contribution in [0.4, 0.5) is 0 Å². The smallest absolute Gasteiger partial charge is 0.0821 e. The predicted octanol–water partition coefficient (Wildman–Crippen LogP) is 5.01. The Morgan fingerprint density at radius 1 is 1.39 bits per heavy atom. The molecule has 1 aromatic rings. The normalized spacial score (nSPS) is 26.0. The molecular formula is C16H23BrO. The lowest BCUT2D eigenvalue weighted by Crippen LogP contribution is -2.21. The number of aliphatic hydroxyl groups excluding tert-OH is 1. The number of hydrogen-bond donors (Lipinski definition) is 1. The molecule has 2 rings (SSSR count). The molecule has 0 aliphatic heterocycles. The Hall–Kier alpha value is -0.340. The third-order valence-corrected chi connectivity index (χ3v) is 5.33. The molecule has 0 saturated heterocycles. The molecule has 0 heterocycles. The van der Waals surface area contributed by atoms with E-state index in [4.69, 9.17) is 0 Å². The Morgan fingerprint density at radius 2 is 2.17 bits per heavy atom. The maximum Gasteiger partial charge on any atom is 0.0821 e. The average molecular weight is 311 g/mol. The second kappa shape index (κ2) is 6.21. The zero-order valence-corrected chi connectivity index (χ0v) is 12.9. The van der Waals surface area contributed by atoms with Crippen LogP contribution in [0.1, 0.15) is 56.3 Å². The standard InChI is InChI=1S/C16H23BrO/c1-3-12-6-4-7-13(10-12)16(18)14-8-5-9-15(17)11(14)2/h5,8-9,12-13,16,18H,3-4,6-7,10H2,1-2H3. The predicted molar refractivity (Wildman–Crippen MR) is 79.6 cm³/mol. The van der Waals surface area contributed by atoms with Gasteiger partial charge in [0.2, 0.25) is 0 Å². The third-order valence-electron chi connectivity index (χ3n) is 4.48. The van der Waals surface area contributed by atoms with Crippen molar-refractivity contribution in [1.82, 2.24) is 0 Å². The van der Waals surface area contributed by atoms with E-state index in [0.717, 1.165) is 16.0 Å². The van der Waals surface area contributed by atoms with Crippen LogP contribution in [0.2, 0.25) is 0 Å². The summed E-state index contributed by atoms with van der Waals surface area (Å²) >= 11 is 3.55. The summed E-state index contributed by atoms with van der Waals surface area (Å²) < 4.78 is 1.10. The Morgan fingerprint density at radius 3 is 2.89 bits per heavy atom. The SMILES string of the molecule is CCC1CCCC(C(O)c2cccc(Br)c2C)C1. The molecule has 3 atom stereocenters. The molecule has 3 unspecified atom stereocenters. The molecule has 1 aliphatic carbocycles. The number of rotatable bonds is 3. The molecule has 0 radical (unpaired) electrons. The van der Waals surface area contributed by atoms with E-state index >= 15 is 0 Å². The van der Waals surface area contributed by atoms with Crippen LogP contribution < -0.4 is 0 Å². The first-order chi connectivity index (χ1) is 8.63. The molecule has 1 fully saturated rings. The van der Waals surface area contributed by atoms with Crippen molar-refractivity contribution in [2.75, 3.05) is 0 Å². The Bertz CT molecular complexity index is 402. The molecule has 0 aromatic heterocycles. The van der Waals surface area contributed by atoms with Gasteiger partial charge in [-0.3, -0.25) is 0 Å². The van der Waals surface area contributed by atoms with Crippen LogP contribution in [0, 0.1) is 18.8 Å². The molecule has 1 nitrogen and oxygen atoms in total. The van der Waals surface area contributed by atoms with Crippen LogP contribution in [0.15, 0.2) is 22.7 Å². The van der Waals surface area contributed by atoms with Crippen molar-refractivity contribution in [2.24, 2.45) is 11.8 Å².